The van der Waals surface area contributed by atoms with Gasteiger partial charge in [-0.15, -0.1) is 0 Å². The zero-order chi connectivity index (χ0) is 12.7. The van der Waals surface area contributed by atoms with E-state index in [1.807, 2.05) is 30.3 Å². The van der Waals surface area contributed by atoms with E-state index >= 15 is 0 Å². The number of carbonyl (C=O) groups is 2. The maximum Gasteiger partial charge on any atom is 0.320 e. The van der Waals surface area contributed by atoms with Gasteiger partial charge in [-0.3, -0.25) is 14.9 Å². The summed E-state index contributed by atoms with van der Waals surface area (Å²) < 4.78 is 0. The predicted octanol–water partition coefficient (Wildman–Crippen LogP) is 0.365. The minimum atomic E-state index is -0.971. The van der Waals surface area contributed by atoms with Crippen molar-refractivity contribution in [2.75, 3.05) is 6.54 Å². The fourth-order valence-electron chi connectivity index (χ4n) is 1.19. The molecule has 1 aromatic rings. The van der Waals surface area contributed by atoms with Gasteiger partial charge >= 0.3 is 5.97 Å². The molecule has 0 aliphatic heterocycles. The van der Waals surface area contributed by atoms with Gasteiger partial charge in [0.25, 0.3) is 0 Å². The quantitative estimate of drug-likeness (QED) is 0.666. The smallest absolute Gasteiger partial charge is 0.320 e. The molecule has 0 aliphatic carbocycles. The lowest BCUT2D eigenvalue weighted by molar-refractivity contribution is -0.139. The molecular formula is C12H16N2O3. The number of aliphatic carboxylic acids is 1. The fourth-order valence-corrected chi connectivity index (χ4v) is 1.19. The average Bonchev–Trinajstić information content (AvgIpc) is 2.34. The summed E-state index contributed by atoms with van der Waals surface area (Å²) in [6, 6.07) is 8.79. The van der Waals surface area contributed by atoms with Crippen molar-refractivity contribution in [1.82, 2.24) is 10.6 Å². The number of nitrogens with one attached hydrogen (secondary N) is 2. The van der Waals surface area contributed by atoms with Gasteiger partial charge in [0.05, 0.1) is 6.54 Å². The number of hydrogen-bond donors (Lipinski definition) is 3. The molecule has 1 rings (SSSR count). The Hall–Kier alpha value is -1.88. The minimum Gasteiger partial charge on any atom is -0.480 e. The summed E-state index contributed by atoms with van der Waals surface area (Å²) in [5.41, 5.74) is 1.01. The molecule has 0 heterocycles. The van der Waals surface area contributed by atoms with E-state index in [0.717, 1.165) is 5.56 Å². The molecule has 5 heteroatoms. The number of carboxylic acids is 1. The molecule has 0 bridgehead atoms. The average molecular weight is 236 g/mol. The van der Waals surface area contributed by atoms with Crippen LogP contribution in [0.3, 0.4) is 0 Å². The maximum atomic E-state index is 11.4. The van der Waals surface area contributed by atoms with E-state index in [0.29, 0.717) is 6.54 Å². The Morgan fingerprint density at radius 1 is 1.29 bits per heavy atom. The maximum absolute atomic E-state index is 11.4. The molecule has 3 N–H and O–H groups in total. The van der Waals surface area contributed by atoms with Crippen LogP contribution >= 0.6 is 0 Å². The highest BCUT2D eigenvalue weighted by Gasteiger charge is 2.11. The second-order valence-electron chi connectivity index (χ2n) is 3.70. The lowest BCUT2D eigenvalue weighted by Crippen LogP contribution is -2.41. The van der Waals surface area contributed by atoms with Crippen molar-refractivity contribution in [3.8, 4) is 0 Å². The Balaban J connectivity index is 2.24. The van der Waals surface area contributed by atoms with Gasteiger partial charge in [0.1, 0.15) is 6.04 Å². The van der Waals surface area contributed by atoms with Gasteiger partial charge in [-0.1, -0.05) is 30.3 Å². The highest BCUT2D eigenvalue weighted by Crippen LogP contribution is 1.96. The van der Waals surface area contributed by atoms with Crippen molar-refractivity contribution >= 4 is 11.9 Å². The van der Waals surface area contributed by atoms with Gasteiger partial charge in [-0.05, 0) is 12.5 Å². The zero-order valence-electron chi connectivity index (χ0n) is 9.64. The molecule has 17 heavy (non-hydrogen) atoms. The Morgan fingerprint density at radius 3 is 2.53 bits per heavy atom. The van der Waals surface area contributed by atoms with Crippen LogP contribution in [0.1, 0.15) is 12.5 Å². The third-order valence-electron chi connectivity index (χ3n) is 2.27. The Bertz CT molecular complexity index is 379. The Labute approximate surface area is 99.8 Å². The topological polar surface area (TPSA) is 78.4 Å². The second-order valence-corrected chi connectivity index (χ2v) is 3.70. The molecule has 0 saturated heterocycles. The van der Waals surface area contributed by atoms with Gasteiger partial charge in [0.15, 0.2) is 0 Å². The summed E-state index contributed by atoms with van der Waals surface area (Å²) in [5.74, 6) is -1.19. The van der Waals surface area contributed by atoms with Crippen molar-refractivity contribution in [2.24, 2.45) is 0 Å². The van der Waals surface area contributed by atoms with E-state index in [2.05, 4.69) is 10.6 Å². The van der Waals surface area contributed by atoms with Crippen molar-refractivity contribution in [2.45, 2.75) is 19.5 Å². The highest BCUT2D eigenvalue weighted by molar-refractivity contribution is 5.79. The van der Waals surface area contributed by atoms with Crippen LogP contribution in [0.4, 0.5) is 0 Å². The van der Waals surface area contributed by atoms with Crippen LogP contribution in [0.15, 0.2) is 30.3 Å². The van der Waals surface area contributed by atoms with Crippen LogP contribution in [0.25, 0.3) is 0 Å². The third kappa shape index (κ3) is 5.12. The molecule has 0 aromatic heterocycles. The molecule has 0 unspecified atom stereocenters. The van der Waals surface area contributed by atoms with E-state index in [9.17, 15) is 9.59 Å². The normalized spacial score (nSPS) is 11.8. The molecular weight excluding hydrogens is 220 g/mol. The van der Waals surface area contributed by atoms with Crippen LogP contribution in [-0.2, 0) is 16.1 Å². The monoisotopic (exact) mass is 236 g/mol. The van der Waals surface area contributed by atoms with Gasteiger partial charge in [0.2, 0.25) is 5.91 Å². The van der Waals surface area contributed by atoms with Gasteiger partial charge in [0, 0.05) is 6.54 Å². The summed E-state index contributed by atoms with van der Waals surface area (Å²) in [6.07, 6.45) is 0. The summed E-state index contributed by atoms with van der Waals surface area (Å²) in [4.78, 5) is 21.9. The van der Waals surface area contributed by atoms with Gasteiger partial charge in [-0.2, -0.15) is 0 Å². The van der Waals surface area contributed by atoms with Crippen molar-refractivity contribution in [1.29, 1.82) is 0 Å². The molecule has 1 aromatic carbocycles. The summed E-state index contributed by atoms with van der Waals surface area (Å²) in [7, 11) is 0. The number of carboxylic acid groups (broad SMARTS) is 1. The van der Waals surface area contributed by atoms with Crippen LogP contribution in [0.5, 0.6) is 0 Å². The Kier molecular flexibility index (Phi) is 5.16. The number of hydrogen-bond acceptors (Lipinski definition) is 3. The number of rotatable bonds is 6. The largest absolute Gasteiger partial charge is 0.480 e. The van der Waals surface area contributed by atoms with Crippen LogP contribution in [0, 0.1) is 0 Å². The first-order valence-corrected chi connectivity index (χ1v) is 5.36. The van der Waals surface area contributed by atoms with E-state index in [-0.39, 0.29) is 12.5 Å². The summed E-state index contributed by atoms with van der Waals surface area (Å²) >= 11 is 0. The molecule has 0 spiro atoms. The molecule has 0 aliphatic rings. The zero-order valence-corrected chi connectivity index (χ0v) is 9.64. The first kappa shape index (κ1) is 13.2. The van der Waals surface area contributed by atoms with E-state index < -0.39 is 12.0 Å². The summed E-state index contributed by atoms with van der Waals surface area (Å²) in [6.45, 7) is 1.94. The molecule has 5 nitrogen and oxygen atoms in total. The van der Waals surface area contributed by atoms with Gasteiger partial charge < -0.3 is 10.4 Å². The van der Waals surface area contributed by atoms with Crippen molar-refractivity contribution in [3.63, 3.8) is 0 Å². The fraction of sp³-hybridized carbons (Fsp3) is 0.333. The lowest BCUT2D eigenvalue weighted by Gasteiger charge is -2.09. The third-order valence-corrected chi connectivity index (χ3v) is 2.27. The standard InChI is InChI=1S/C12H16N2O3/c1-9(12(16)17)13-8-11(15)14-7-10-5-3-2-4-6-10/h2-6,9,13H,7-8H2,1H3,(H,14,15)(H,16,17)/t9-/m0/s1. The van der Waals surface area contributed by atoms with Crippen molar-refractivity contribution < 1.29 is 14.7 Å². The minimum absolute atomic E-state index is 0.000298. The molecule has 1 amide bonds. The van der Waals surface area contributed by atoms with Crippen LogP contribution in [-0.4, -0.2) is 29.6 Å². The van der Waals surface area contributed by atoms with E-state index in [1.54, 1.807) is 0 Å². The summed E-state index contributed by atoms with van der Waals surface area (Å²) in [5, 5.41) is 13.9. The van der Waals surface area contributed by atoms with E-state index in [1.165, 1.54) is 6.92 Å². The first-order chi connectivity index (χ1) is 8.09. The Morgan fingerprint density at radius 2 is 1.94 bits per heavy atom. The SMILES string of the molecule is C[C@H](NCC(=O)NCc1ccccc1)C(=O)O. The van der Waals surface area contributed by atoms with E-state index in [4.69, 9.17) is 5.11 Å². The second kappa shape index (κ2) is 6.65. The molecule has 0 radical (unpaired) electrons. The molecule has 0 fully saturated rings. The number of carbonyl (C=O) groups excluding carboxylic acids is 1. The van der Waals surface area contributed by atoms with Crippen LogP contribution < -0.4 is 10.6 Å². The first-order valence-electron chi connectivity index (χ1n) is 5.36. The van der Waals surface area contributed by atoms with Crippen molar-refractivity contribution in [3.05, 3.63) is 35.9 Å². The molecule has 0 saturated carbocycles. The van der Waals surface area contributed by atoms with Gasteiger partial charge in [-0.25, -0.2) is 0 Å². The predicted molar refractivity (Wildman–Crippen MR) is 63.4 cm³/mol. The molecule has 1 atom stereocenters. The lowest BCUT2D eigenvalue weighted by atomic mass is 10.2. The van der Waals surface area contributed by atoms with Crippen LogP contribution in [0.2, 0.25) is 0 Å². The number of benzene rings is 1. The highest BCUT2D eigenvalue weighted by atomic mass is 16.4. The number of amides is 1. The molecule has 92 valence electrons.